The molecule has 1 amide bonds. The van der Waals surface area contributed by atoms with Gasteiger partial charge >= 0.3 is 5.97 Å². The third-order valence-corrected chi connectivity index (χ3v) is 4.21. The summed E-state index contributed by atoms with van der Waals surface area (Å²) in [6.45, 7) is 3.76. The highest BCUT2D eigenvalue weighted by Gasteiger charge is 2.21. The van der Waals surface area contributed by atoms with E-state index >= 15 is 0 Å². The van der Waals surface area contributed by atoms with Gasteiger partial charge in [-0.15, -0.1) is 22.9 Å². The summed E-state index contributed by atoms with van der Waals surface area (Å²) in [5.74, 6) is 0.0344. The van der Waals surface area contributed by atoms with Gasteiger partial charge in [-0.1, -0.05) is 0 Å². The molecule has 0 aliphatic rings. The Kier molecular flexibility index (Phi) is 6.31. The number of unbranched alkanes of at least 4 members (excludes halogenated alkanes) is 1. The van der Waals surface area contributed by atoms with Gasteiger partial charge in [-0.25, -0.2) is 4.79 Å². The highest BCUT2D eigenvalue weighted by Crippen LogP contribution is 2.33. The number of methoxy groups -OCH3 is 1. The zero-order valence-corrected chi connectivity index (χ0v) is 12.9. The lowest BCUT2D eigenvalue weighted by atomic mass is 10.1. The Bertz CT molecular complexity index is 471. The monoisotopic (exact) mass is 303 g/mol. The van der Waals surface area contributed by atoms with Crippen LogP contribution in [0.4, 0.5) is 5.00 Å². The first-order valence-electron chi connectivity index (χ1n) is 6.05. The predicted molar refractivity (Wildman–Crippen MR) is 78.3 cm³/mol. The van der Waals surface area contributed by atoms with Crippen LogP contribution in [0.5, 0.6) is 0 Å². The molecule has 1 N–H and O–H groups in total. The van der Waals surface area contributed by atoms with Gasteiger partial charge in [-0.05, 0) is 32.3 Å². The van der Waals surface area contributed by atoms with Gasteiger partial charge < -0.3 is 10.1 Å². The minimum atomic E-state index is -0.419. The number of halogens is 1. The van der Waals surface area contributed by atoms with Crippen molar-refractivity contribution in [2.24, 2.45) is 0 Å². The van der Waals surface area contributed by atoms with Crippen molar-refractivity contribution in [3.05, 3.63) is 16.0 Å². The summed E-state index contributed by atoms with van der Waals surface area (Å²) in [7, 11) is 1.33. The number of rotatable bonds is 6. The van der Waals surface area contributed by atoms with Crippen LogP contribution in [-0.2, 0) is 9.53 Å². The fraction of sp³-hybridized carbons (Fsp3) is 0.538. The van der Waals surface area contributed by atoms with Gasteiger partial charge in [-0.3, -0.25) is 4.79 Å². The van der Waals surface area contributed by atoms with Crippen molar-refractivity contribution in [3.8, 4) is 0 Å². The number of carbonyl (C=O) groups excluding carboxylic acids is 2. The molecule has 0 spiro atoms. The van der Waals surface area contributed by atoms with Crippen LogP contribution in [0.25, 0.3) is 0 Å². The third kappa shape index (κ3) is 4.21. The Morgan fingerprint density at radius 3 is 2.58 bits per heavy atom. The molecule has 0 radical (unpaired) electrons. The first-order chi connectivity index (χ1) is 9.01. The number of thiophene rings is 1. The van der Waals surface area contributed by atoms with Crippen LogP contribution >= 0.6 is 22.9 Å². The van der Waals surface area contributed by atoms with Crippen LogP contribution in [0.2, 0.25) is 0 Å². The number of esters is 1. The molecule has 0 unspecified atom stereocenters. The van der Waals surface area contributed by atoms with Gasteiger partial charge in [0.15, 0.2) is 0 Å². The van der Waals surface area contributed by atoms with Crippen molar-refractivity contribution in [2.45, 2.75) is 33.1 Å². The fourth-order valence-corrected chi connectivity index (χ4v) is 2.89. The molecule has 1 rings (SSSR count). The van der Waals surface area contributed by atoms with Crippen LogP contribution in [0.1, 0.15) is 40.1 Å². The molecule has 0 saturated heterocycles. The van der Waals surface area contributed by atoms with Crippen molar-refractivity contribution in [1.82, 2.24) is 0 Å². The van der Waals surface area contributed by atoms with Crippen LogP contribution in [-0.4, -0.2) is 24.9 Å². The van der Waals surface area contributed by atoms with E-state index in [9.17, 15) is 9.59 Å². The molecule has 0 bridgehead atoms. The summed E-state index contributed by atoms with van der Waals surface area (Å²) in [5, 5.41) is 3.35. The maximum absolute atomic E-state index is 11.8. The van der Waals surface area contributed by atoms with E-state index in [2.05, 4.69) is 5.32 Å². The number of anilines is 1. The molecule has 4 nitrogen and oxygen atoms in total. The van der Waals surface area contributed by atoms with Gasteiger partial charge in [-0.2, -0.15) is 0 Å². The summed E-state index contributed by atoms with van der Waals surface area (Å²) < 4.78 is 4.75. The van der Waals surface area contributed by atoms with Gasteiger partial charge in [0.25, 0.3) is 0 Å². The average Bonchev–Trinajstić information content (AvgIpc) is 2.64. The van der Waals surface area contributed by atoms with Crippen LogP contribution in [0.15, 0.2) is 0 Å². The van der Waals surface area contributed by atoms with Crippen molar-refractivity contribution in [1.29, 1.82) is 0 Å². The minimum absolute atomic E-state index is 0.100. The molecule has 19 heavy (non-hydrogen) atoms. The molecule has 1 heterocycles. The first kappa shape index (κ1) is 16.0. The Balaban J connectivity index is 2.80. The predicted octanol–water partition coefficient (Wildman–Crippen LogP) is 3.50. The lowest BCUT2D eigenvalue weighted by molar-refractivity contribution is -0.116. The Labute approximate surface area is 122 Å². The van der Waals surface area contributed by atoms with Gasteiger partial charge in [0.05, 0.1) is 12.7 Å². The van der Waals surface area contributed by atoms with Gasteiger partial charge in [0, 0.05) is 17.2 Å². The quantitative estimate of drug-likeness (QED) is 0.497. The maximum atomic E-state index is 11.8. The first-order valence-corrected chi connectivity index (χ1v) is 7.40. The Hall–Kier alpha value is -1.07. The minimum Gasteiger partial charge on any atom is -0.465 e. The van der Waals surface area contributed by atoms with Crippen molar-refractivity contribution >= 4 is 39.8 Å². The normalized spacial score (nSPS) is 10.3. The number of amides is 1. The molecular formula is C13H18ClNO3S. The smallest absolute Gasteiger partial charge is 0.341 e. The third-order valence-electron chi connectivity index (χ3n) is 2.82. The highest BCUT2D eigenvalue weighted by atomic mass is 35.5. The number of carbonyl (C=O) groups is 2. The van der Waals surface area contributed by atoms with E-state index in [1.807, 2.05) is 13.8 Å². The van der Waals surface area contributed by atoms with Crippen molar-refractivity contribution < 1.29 is 14.3 Å². The molecule has 0 fully saturated rings. The summed E-state index contributed by atoms with van der Waals surface area (Å²) in [6.07, 6.45) is 1.96. The average molecular weight is 304 g/mol. The van der Waals surface area contributed by atoms with Crippen LogP contribution in [0, 0.1) is 13.8 Å². The van der Waals surface area contributed by atoms with Crippen molar-refractivity contribution in [2.75, 3.05) is 18.3 Å². The lowest BCUT2D eigenvalue weighted by Gasteiger charge is -2.05. The van der Waals surface area contributed by atoms with E-state index in [1.165, 1.54) is 18.4 Å². The van der Waals surface area contributed by atoms with E-state index in [-0.39, 0.29) is 5.91 Å². The molecule has 0 saturated carbocycles. The fourth-order valence-electron chi connectivity index (χ4n) is 1.63. The lowest BCUT2D eigenvalue weighted by Crippen LogP contribution is -2.13. The number of hydrogen-bond donors (Lipinski definition) is 1. The Morgan fingerprint density at radius 2 is 2.00 bits per heavy atom. The van der Waals surface area contributed by atoms with Gasteiger partial charge in [0.2, 0.25) is 5.91 Å². The van der Waals surface area contributed by atoms with Crippen LogP contribution < -0.4 is 5.32 Å². The molecule has 0 aliphatic carbocycles. The van der Waals surface area contributed by atoms with E-state index in [1.54, 1.807) is 0 Å². The van der Waals surface area contributed by atoms with Crippen LogP contribution in [0.3, 0.4) is 0 Å². The largest absolute Gasteiger partial charge is 0.465 e. The highest BCUT2D eigenvalue weighted by molar-refractivity contribution is 7.16. The number of aryl methyl sites for hydroxylation is 1. The Morgan fingerprint density at radius 1 is 1.32 bits per heavy atom. The maximum Gasteiger partial charge on any atom is 0.341 e. The zero-order valence-electron chi connectivity index (χ0n) is 11.3. The van der Waals surface area contributed by atoms with E-state index < -0.39 is 5.97 Å². The second-order valence-electron chi connectivity index (χ2n) is 4.17. The summed E-state index contributed by atoms with van der Waals surface area (Å²) >= 11 is 6.96. The molecular weight excluding hydrogens is 286 g/mol. The molecule has 1 aromatic rings. The van der Waals surface area contributed by atoms with E-state index in [0.29, 0.717) is 22.9 Å². The second-order valence-corrected chi connectivity index (χ2v) is 5.78. The topological polar surface area (TPSA) is 55.4 Å². The van der Waals surface area contributed by atoms with Crippen molar-refractivity contribution in [3.63, 3.8) is 0 Å². The standard InChI is InChI=1S/C13H18ClNO3S/c1-8-9(2)19-12(11(8)13(17)18-3)15-10(16)6-4-5-7-14/h4-7H2,1-3H3,(H,15,16). The molecule has 6 heteroatoms. The molecule has 106 valence electrons. The summed E-state index contributed by atoms with van der Waals surface area (Å²) in [6, 6.07) is 0. The molecule has 0 atom stereocenters. The number of alkyl halides is 1. The number of hydrogen-bond acceptors (Lipinski definition) is 4. The zero-order chi connectivity index (χ0) is 14.4. The second kappa shape index (κ2) is 7.50. The molecule has 0 aromatic carbocycles. The van der Waals surface area contributed by atoms with E-state index in [0.717, 1.165) is 23.3 Å². The van der Waals surface area contributed by atoms with Gasteiger partial charge in [0.1, 0.15) is 5.00 Å². The van der Waals surface area contributed by atoms with E-state index in [4.69, 9.17) is 16.3 Å². The summed E-state index contributed by atoms with van der Waals surface area (Å²) in [5.41, 5.74) is 1.31. The number of nitrogens with one attached hydrogen (secondary N) is 1. The number of ether oxygens (including phenoxy) is 1. The summed E-state index contributed by atoms with van der Waals surface area (Å²) in [4.78, 5) is 24.5. The molecule has 1 aromatic heterocycles. The molecule has 0 aliphatic heterocycles. The SMILES string of the molecule is COC(=O)c1c(NC(=O)CCCCCl)sc(C)c1C.